The molecule has 4 nitrogen and oxygen atoms in total. The van der Waals surface area contributed by atoms with Crippen molar-refractivity contribution in [2.75, 3.05) is 0 Å². The van der Waals surface area contributed by atoms with Crippen molar-refractivity contribution in [1.29, 1.82) is 0 Å². The van der Waals surface area contributed by atoms with Crippen molar-refractivity contribution in [3.05, 3.63) is 53.9 Å². The molecule has 2 rings (SSSR count). The van der Waals surface area contributed by atoms with Crippen LogP contribution in [0.25, 0.3) is 0 Å². The van der Waals surface area contributed by atoms with Gasteiger partial charge in [-0.1, -0.05) is 18.5 Å². The van der Waals surface area contributed by atoms with Gasteiger partial charge in [-0.05, 0) is 42.2 Å². The first-order valence-corrected chi connectivity index (χ1v) is 7.41. The van der Waals surface area contributed by atoms with Gasteiger partial charge in [0.05, 0.1) is 5.56 Å². The highest BCUT2D eigenvalue weighted by atomic mass is 35.5. The normalized spacial score (nSPS) is 12.6. The van der Waals surface area contributed by atoms with Crippen LogP contribution >= 0.6 is 22.9 Å². The number of rotatable bonds is 4. The lowest BCUT2D eigenvalue weighted by molar-refractivity contribution is 0.498. The van der Waals surface area contributed by atoms with Gasteiger partial charge in [-0.3, -0.25) is 14.3 Å². The zero-order chi connectivity index (χ0) is 14.0. The van der Waals surface area contributed by atoms with Crippen LogP contribution in [0.2, 0.25) is 5.15 Å². The number of aromatic amines is 1. The van der Waals surface area contributed by atoms with Crippen LogP contribution in [-0.4, -0.2) is 9.55 Å². The van der Waals surface area contributed by atoms with Crippen LogP contribution in [0.1, 0.15) is 31.0 Å². The number of halogens is 1. The third-order valence-electron chi connectivity index (χ3n) is 3.08. The topological polar surface area (TPSA) is 54.9 Å². The Hall–Kier alpha value is -1.33. The standard InChI is InChI=1S/C13H15ClN2O2S/c1-3-10-11(14)15-13(18)16(12(10)17)8(2)6-9-4-5-19-7-9/h4-5,7-8H,3,6H2,1-2H3,(H,15,18). The lowest BCUT2D eigenvalue weighted by Gasteiger charge is -2.14. The molecule has 0 saturated carbocycles. The van der Waals surface area contributed by atoms with E-state index in [2.05, 4.69) is 4.98 Å². The molecule has 0 fully saturated rings. The second kappa shape index (κ2) is 5.75. The quantitative estimate of drug-likeness (QED) is 0.882. The molecule has 0 aromatic carbocycles. The lowest BCUT2D eigenvalue weighted by atomic mass is 10.1. The van der Waals surface area contributed by atoms with Gasteiger partial charge in [-0.2, -0.15) is 11.3 Å². The van der Waals surface area contributed by atoms with Crippen LogP contribution in [0.4, 0.5) is 0 Å². The van der Waals surface area contributed by atoms with Crippen LogP contribution in [0.5, 0.6) is 0 Å². The lowest BCUT2D eigenvalue weighted by Crippen LogP contribution is -2.39. The highest BCUT2D eigenvalue weighted by Gasteiger charge is 2.16. The Balaban J connectivity index is 2.44. The maximum absolute atomic E-state index is 12.3. The average molecular weight is 299 g/mol. The van der Waals surface area contributed by atoms with Crippen molar-refractivity contribution in [1.82, 2.24) is 9.55 Å². The molecule has 0 bridgehead atoms. The summed E-state index contributed by atoms with van der Waals surface area (Å²) in [6.07, 6.45) is 1.15. The molecule has 6 heteroatoms. The van der Waals surface area contributed by atoms with Crippen LogP contribution < -0.4 is 11.2 Å². The summed E-state index contributed by atoms with van der Waals surface area (Å²) in [6.45, 7) is 3.70. The van der Waals surface area contributed by atoms with E-state index in [1.807, 2.05) is 30.7 Å². The Morgan fingerprint density at radius 3 is 2.79 bits per heavy atom. The predicted octanol–water partition coefficient (Wildman–Crippen LogP) is 2.62. The molecule has 0 radical (unpaired) electrons. The Bertz CT molecular complexity index is 673. The van der Waals surface area contributed by atoms with E-state index in [0.717, 1.165) is 5.56 Å². The van der Waals surface area contributed by atoms with E-state index in [0.29, 0.717) is 18.4 Å². The van der Waals surface area contributed by atoms with E-state index in [9.17, 15) is 9.59 Å². The number of nitrogens with one attached hydrogen (secondary N) is 1. The molecular weight excluding hydrogens is 284 g/mol. The molecule has 1 N–H and O–H groups in total. The fourth-order valence-electron chi connectivity index (χ4n) is 2.11. The van der Waals surface area contributed by atoms with Crippen LogP contribution in [0.15, 0.2) is 26.4 Å². The number of hydrogen-bond acceptors (Lipinski definition) is 3. The van der Waals surface area contributed by atoms with Crippen molar-refractivity contribution in [3.8, 4) is 0 Å². The number of H-pyrrole nitrogens is 1. The highest BCUT2D eigenvalue weighted by molar-refractivity contribution is 7.07. The summed E-state index contributed by atoms with van der Waals surface area (Å²) in [6, 6.07) is 1.80. The summed E-state index contributed by atoms with van der Waals surface area (Å²) in [4.78, 5) is 26.7. The van der Waals surface area contributed by atoms with Crippen molar-refractivity contribution < 1.29 is 0 Å². The van der Waals surface area contributed by atoms with Crippen LogP contribution in [-0.2, 0) is 12.8 Å². The molecule has 2 heterocycles. The maximum Gasteiger partial charge on any atom is 0.329 e. The SMILES string of the molecule is CCc1c(Cl)[nH]c(=O)n(C(C)Cc2ccsc2)c1=O. The second-order valence-electron chi connectivity index (χ2n) is 4.44. The van der Waals surface area contributed by atoms with E-state index >= 15 is 0 Å². The maximum atomic E-state index is 12.3. The van der Waals surface area contributed by atoms with E-state index < -0.39 is 5.69 Å². The molecule has 0 aliphatic rings. The highest BCUT2D eigenvalue weighted by Crippen LogP contribution is 2.15. The van der Waals surface area contributed by atoms with E-state index in [1.165, 1.54) is 4.57 Å². The van der Waals surface area contributed by atoms with Crippen LogP contribution in [0.3, 0.4) is 0 Å². The Kier molecular flexibility index (Phi) is 4.27. The molecule has 0 aliphatic carbocycles. The molecule has 2 aromatic heterocycles. The van der Waals surface area contributed by atoms with Crippen molar-refractivity contribution in [2.24, 2.45) is 0 Å². The summed E-state index contributed by atoms with van der Waals surface area (Å²) in [5.41, 5.74) is 0.837. The minimum atomic E-state index is -0.449. The molecule has 0 aliphatic heterocycles. The van der Waals surface area contributed by atoms with Gasteiger partial charge in [0, 0.05) is 6.04 Å². The molecule has 0 amide bonds. The smallest absolute Gasteiger partial charge is 0.297 e. The minimum absolute atomic E-state index is 0.150. The molecule has 1 atom stereocenters. The average Bonchev–Trinajstić information content (AvgIpc) is 2.81. The van der Waals surface area contributed by atoms with Gasteiger partial charge in [-0.25, -0.2) is 4.79 Å². The van der Waals surface area contributed by atoms with Crippen molar-refractivity contribution in [3.63, 3.8) is 0 Å². The molecule has 0 saturated heterocycles. The predicted molar refractivity (Wildman–Crippen MR) is 78.4 cm³/mol. The second-order valence-corrected chi connectivity index (χ2v) is 5.59. The molecule has 102 valence electrons. The summed E-state index contributed by atoms with van der Waals surface area (Å²) >= 11 is 7.49. The number of thiophene rings is 1. The molecule has 19 heavy (non-hydrogen) atoms. The zero-order valence-electron chi connectivity index (χ0n) is 10.8. The third-order valence-corrected chi connectivity index (χ3v) is 4.14. The Labute approximate surface area is 119 Å². The van der Waals surface area contributed by atoms with Gasteiger partial charge in [0.15, 0.2) is 0 Å². The largest absolute Gasteiger partial charge is 0.329 e. The van der Waals surface area contributed by atoms with E-state index in [4.69, 9.17) is 11.6 Å². The van der Waals surface area contributed by atoms with Gasteiger partial charge in [0.25, 0.3) is 5.56 Å². The van der Waals surface area contributed by atoms with Crippen LogP contribution in [0, 0.1) is 0 Å². The number of hydrogen-bond donors (Lipinski definition) is 1. The fourth-order valence-corrected chi connectivity index (χ4v) is 3.09. The fraction of sp³-hybridized carbons (Fsp3) is 0.385. The number of nitrogens with zero attached hydrogens (tertiary/aromatic N) is 1. The first kappa shape index (κ1) is 14.1. The van der Waals surface area contributed by atoms with E-state index in [-0.39, 0.29) is 16.8 Å². The van der Waals surface area contributed by atoms with Gasteiger partial charge < -0.3 is 0 Å². The van der Waals surface area contributed by atoms with E-state index in [1.54, 1.807) is 11.3 Å². The summed E-state index contributed by atoms with van der Waals surface area (Å²) in [5, 5.41) is 4.15. The zero-order valence-corrected chi connectivity index (χ0v) is 12.3. The minimum Gasteiger partial charge on any atom is -0.297 e. The van der Waals surface area contributed by atoms with Gasteiger partial charge in [0.1, 0.15) is 5.15 Å². The first-order valence-electron chi connectivity index (χ1n) is 6.08. The first-order chi connectivity index (χ1) is 9.04. The van der Waals surface area contributed by atoms with Gasteiger partial charge in [-0.15, -0.1) is 0 Å². The van der Waals surface area contributed by atoms with Gasteiger partial charge in [0.2, 0.25) is 0 Å². The van der Waals surface area contributed by atoms with Crippen molar-refractivity contribution >= 4 is 22.9 Å². The molecular formula is C13H15ClN2O2S. The number of aromatic nitrogens is 2. The monoisotopic (exact) mass is 298 g/mol. The van der Waals surface area contributed by atoms with Gasteiger partial charge >= 0.3 is 5.69 Å². The molecule has 0 spiro atoms. The Morgan fingerprint density at radius 2 is 2.21 bits per heavy atom. The molecule has 1 unspecified atom stereocenters. The Morgan fingerprint density at radius 1 is 1.47 bits per heavy atom. The summed E-state index contributed by atoms with van der Waals surface area (Å²) in [5.74, 6) is 0. The summed E-state index contributed by atoms with van der Waals surface area (Å²) in [7, 11) is 0. The third kappa shape index (κ3) is 2.82. The molecule has 2 aromatic rings. The van der Waals surface area contributed by atoms with Crippen molar-refractivity contribution in [2.45, 2.75) is 32.7 Å². The summed E-state index contributed by atoms with van der Waals surface area (Å²) < 4.78 is 1.25.